The van der Waals surface area contributed by atoms with E-state index in [9.17, 15) is 24.3 Å². The second-order valence-corrected chi connectivity index (χ2v) is 13.2. The van der Waals surface area contributed by atoms with Gasteiger partial charge in [0.25, 0.3) is 5.91 Å². The SMILES string of the molecule is CCOC(=O)N[C@H](C(=O)NN(Cc1ccc(-c2nccs2)cc1)C[C@H](O)[C@H](Cc1ccccc1)NC(=O)[C@@H](NC(=O)OC)[C@@H](C)CC)C(C)C. The largest absolute Gasteiger partial charge is 0.453 e. The van der Waals surface area contributed by atoms with Crippen LogP contribution in [0, 0.1) is 11.8 Å². The molecule has 0 fully saturated rings. The zero-order chi connectivity index (χ0) is 36.6. The number of amides is 4. The molecular weight excluding hydrogens is 660 g/mol. The average molecular weight is 711 g/mol. The van der Waals surface area contributed by atoms with Crippen molar-refractivity contribution in [1.29, 1.82) is 0 Å². The Hall–Kier alpha value is -4.53. The quantitative estimate of drug-likeness (QED) is 0.121. The zero-order valence-electron chi connectivity index (χ0n) is 29.5. The van der Waals surface area contributed by atoms with Crippen molar-refractivity contribution < 1.29 is 33.8 Å². The molecule has 5 atom stereocenters. The predicted molar refractivity (Wildman–Crippen MR) is 192 cm³/mol. The first-order valence-corrected chi connectivity index (χ1v) is 17.7. The summed E-state index contributed by atoms with van der Waals surface area (Å²) in [5, 5.41) is 24.3. The van der Waals surface area contributed by atoms with Crippen molar-refractivity contribution in [1.82, 2.24) is 31.4 Å². The Labute approximate surface area is 298 Å². The molecule has 3 aromatic rings. The van der Waals surface area contributed by atoms with Crippen LogP contribution < -0.4 is 21.4 Å². The van der Waals surface area contributed by atoms with Gasteiger partial charge in [0.15, 0.2) is 0 Å². The molecule has 0 aliphatic rings. The van der Waals surface area contributed by atoms with E-state index in [1.165, 1.54) is 18.4 Å². The van der Waals surface area contributed by atoms with Gasteiger partial charge in [-0.1, -0.05) is 88.7 Å². The molecule has 1 aromatic heterocycles. The van der Waals surface area contributed by atoms with Gasteiger partial charge in [-0.15, -0.1) is 11.3 Å². The Balaban J connectivity index is 1.91. The average Bonchev–Trinajstić information content (AvgIpc) is 3.64. The number of carbonyl (C=O) groups is 4. The van der Waals surface area contributed by atoms with Crippen LogP contribution in [0.25, 0.3) is 10.6 Å². The van der Waals surface area contributed by atoms with Gasteiger partial charge in [-0.3, -0.25) is 15.0 Å². The summed E-state index contributed by atoms with van der Waals surface area (Å²) < 4.78 is 9.78. The van der Waals surface area contributed by atoms with E-state index in [2.05, 4.69) is 26.4 Å². The number of aliphatic hydroxyl groups is 1. The van der Waals surface area contributed by atoms with E-state index in [0.29, 0.717) is 6.42 Å². The standard InChI is InChI=1S/C36H50N6O7S/c1-7-24(5)31(40-35(46)48-6)32(44)38-28(20-25-12-10-9-11-13-25)29(43)22-42(41-33(45)30(23(3)4)39-36(47)49-8-2)21-26-14-16-27(17-15-26)34-37-18-19-50-34/h9-19,23-24,28-31,43H,7-8,20-22H2,1-6H3,(H,38,44)(H,39,47)(H,40,46)(H,41,45)/t24-,28-,29-,30-,31-/m0/s1. The number of methoxy groups -OCH3 is 1. The van der Waals surface area contributed by atoms with Crippen molar-refractivity contribution in [2.45, 2.75) is 78.2 Å². The molecule has 0 saturated heterocycles. The third kappa shape index (κ3) is 12.4. The van der Waals surface area contributed by atoms with Gasteiger partial charge in [-0.25, -0.2) is 19.6 Å². The van der Waals surface area contributed by atoms with Gasteiger partial charge in [0, 0.05) is 30.2 Å². The van der Waals surface area contributed by atoms with Gasteiger partial charge in [0.1, 0.15) is 17.1 Å². The summed E-state index contributed by atoms with van der Waals surface area (Å²) in [6.45, 7) is 9.27. The lowest BCUT2D eigenvalue weighted by Gasteiger charge is -2.33. The molecule has 0 bridgehead atoms. The summed E-state index contributed by atoms with van der Waals surface area (Å²) in [6, 6.07) is 14.4. The topological polar surface area (TPSA) is 171 Å². The fraction of sp³-hybridized carbons (Fsp3) is 0.472. The first kappa shape index (κ1) is 39.9. The van der Waals surface area contributed by atoms with Crippen molar-refractivity contribution >= 4 is 35.3 Å². The number of aliphatic hydroxyl groups excluding tert-OH is 1. The third-order valence-electron chi connectivity index (χ3n) is 8.23. The number of hydrogen-bond acceptors (Lipinski definition) is 10. The van der Waals surface area contributed by atoms with Crippen LogP contribution in [0.15, 0.2) is 66.2 Å². The summed E-state index contributed by atoms with van der Waals surface area (Å²) in [5.41, 5.74) is 5.53. The number of carbonyl (C=O) groups excluding carboxylic acids is 4. The molecule has 0 radical (unpaired) electrons. The molecular formula is C36H50N6O7S. The summed E-state index contributed by atoms with van der Waals surface area (Å²) in [7, 11) is 1.23. The minimum atomic E-state index is -1.19. The summed E-state index contributed by atoms with van der Waals surface area (Å²) in [4.78, 5) is 56.1. The molecule has 2 aromatic carbocycles. The van der Waals surface area contributed by atoms with E-state index in [-0.39, 0.29) is 38.0 Å². The number of ether oxygens (including phenoxy) is 2. The highest BCUT2D eigenvalue weighted by molar-refractivity contribution is 7.13. The van der Waals surface area contributed by atoms with E-state index in [1.807, 2.05) is 73.8 Å². The monoisotopic (exact) mass is 710 g/mol. The highest BCUT2D eigenvalue weighted by Gasteiger charge is 2.32. The maximum Gasteiger partial charge on any atom is 0.407 e. The maximum absolute atomic E-state index is 13.7. The number of alkyl carbamates (subject to hydrolysis) is 2. The van der Waals surface area contributed by atoms with Crippen LogP contribution in [0.2, 0.25) is 0 Å². The summed E-state index contributed by atoms with van der Waals surface area (Å²) in [6.07, 6.45) is -0.0396. The Morgan fingerprint density at radius 2 is 1.56 bits per heavy atom. The second-order valence-electron chi connectivity index (χ2n) is 12.3. The lowest BCUT2D eigenvalue weighted by atomic mass is 9.96. The number of rotatable bonds is 18. The predicted octanol–water partition coefficient (Wildman–Crippen LogP) is 4.27. The first-order valence-electron chi connectivity index (χ1n) is 16.8. The number of nitrogens with zero attached hydrogens (tertiary/aromatic N) is 2. The van der Waals surface area contributed by atoms with E-state index in [0.717, 1.165) is 21.7 Å². The Bertz CT molecular complexity index is 1490. The molecule has 13 nitrogen and oxygen atoms in total. The van der Waals surface area contributed by atoms with Gasteiger partial charge in [-0.2, -0.15) is 0 Å². The van der Waals surface area contributed by atoms with Crippen molar-refractivity contribution in [2.75, 3.05) is 20.3 Å². The highest BCUT2D eigenvalue weighted by atomic mass is 32.1. The van der Waals surface area contributed by atoms with Crippen LogP contribution in [0.3, 0.4) is 0 Å². The van der Waals surface area contributed by atoms with Gasteiger partial charge < -0.3 is 30.5 Å². The second kappa shape index (κ2) is 20.2. The first-order chi connectivity index (χ1) is 23.9. The molecule has 1 heterocycles. The molecule has 0 unspecified atom stereocenters. The van der Waals surface area contributed by atoms with Gasteiger partial charge in [0.05, 0.1) is 25.9 Å². The normalized spacial score (nSPS) is 14.2. The third-order valence-corrected chi connectivity index (χ3v) is 9.05. The summed E-state index contributed by atoms with van der Waals surface area (Å²) in [5.74, 6) is -1.49. The molecule has 0 aliphatic heterocycles. The van der Waals surface area contributed by atoms with Crippen molar-refractivity contribution in [3.05, 3.63) is 77.3 Å². The van der Waals surface area contributed by atoms with E-state index in [4.69, 9.17) is 9.47 Å². The molecule has 4 amide bonds. The minimum Gasteiger partial charge on any atom is -0.453 e. The molecule has 0 saturated carbocycles. The van der Waals surface area contributed by atoms with Crippen molar-refractivity contribution in [3.8, 4) is 10.6 Å². The fourth-order valence-corrected chi connectivity index (χ4v) is 5.86. The Kier molecular flexibility index (Phi) is 16.1. The molecule has 0 aliphatic carbocycles. The van der Waals surface area contributed by atoms with Crippen LogP contribution >= 0.6 is 11.3 Å². The minimum absolute atomic E-state index is 0.0968. The lowest BCUT2D eigenvalue weighted by molar-refractivity contribution is -0.131. The van der Waals surface area contributed by atoms with E-state index >= 15 is 0 Å². The number of hydrazine groups is 1. The number of nitrogens with one attached hydrogen (secondary N) is 4. The molecule has 0 spiro atoms. The van der Waals surface area contributed by atoms with Crippen LogP contribution in [0.4, 0.5) is 9.59 Å². The number of aromatic nitrogens is 1. The molecule has 272 valence electrons. The lowest BCUT2D eigenvalue weighted by Crippen LogP contribution is -2.59. The molecule has 50 heavy (non-hydrogen) atoms. The molecule has 14 heteroatoms. The Morgan fingerprint density at radius 3 is 2.14 bits per heavy atom. The Morgan fingerprint density at radius 1 is 0.880 bits per heavy atom. The van der Waals surface area contributed by atoms with Crippen LogP contribution in [0.1, 0.15) is 52.2 Å². The van der Waals surface area contributed by atoms with Crippen LogP contribution in [-0.4, -0.2) is 83.6 Å². The van der Waals surface area contributed by atoms with Crippen molar-refractivity contribution in [3.63, 3.8) is 0 Å². The number of thiazole rings is 1. The smallest absolute Gasteiger partial charge is 0.407 e. The van der Waals surface area contributed by atoms with Gasteiger partial charge in [0.2, 0.25) is 5.91 Å². The maximum atomic E-state index is 13.7. The van der Waals surface area contributed by atoms with Gasteiger partial charge in [-0.05, 0) is 36.3 Å². The van der Waals surface area contributed by atoms with Crippen molar-refractivity contribution in [2.24, 2.45) is 11.8 Å². The summed E-state index contributed by atoms with van der Waals surface area (Å²) >= 11 is 1.52. The van der Waals surface area contributed by atoms with E-state index < -0.39 is 48.2 Å². The van der Waals surface area contributed by atoms with Crippen LogP contribution in [0.5, 0.6) is 0 Å². The molecule has 3 rings (SSSR count). The number of hydrogen-bond donors (Lipinski definition) is 5. The molecule has 5 N–H and O–H groups in total. The fourth-order valence-electron chi connectivity index (χ4n) is 5.21. The number of benzene rings is 2. The van der Waals surface area contributed by atoms with E-state index in [1.54, 1.807) is 32.0 Å². The van der Waals surface area contributed by atoms with Gasteiger partial charge >= 0.3 is 12.2 Å². The zero-order valence-corrected chi connectivity index (χ0v) is 30.4. The highest BCUT2D eigenvalue weighted by Crippen LogP contribution is 2.22. The van der Waals surface area contributed by atoms with Crippen LogP contribution in [-0.2, 0) is 32.0 Å².